The van der Waals surface area contributed by atoms with Crippen LogP contribution in [0.3, 0.4) is 0 Å². The fraction of sp³-hybridized carbons (Fsp3) is 0.280. The van der Waals surface area contributed by atoms with Gasteiger partial charge >= 0.3 is 6.09 Å². The summed E-state index contributed by atoms with van der Waals surface area (Å²) in [7, 11) is 0. The third-order valence-corrected chi connectivity index (χ3v) is 5.75. The van der Waals surface area contributed by atoms with Crippen LogP contribution in [0.2, 0.25) is 0 Å². The lowest BCUT2D eigenvalue weighted by Crippen LogP contribution is -2.44. The van der Waals surface area contributed by atoms with Gasteiger partial charge in [-0.1, -0.05) is 60.7 Å². The third kappa shape index (κ3) is 5.29. The molecule has 1 fully saturated rings. The molecule has 1 amide bonds. The van der Waals surface area contributed by atoms with Gasteiger partial charge in [0, 0.05) is 38.4 Å². The lowest BCUT2D eigenvalue weighted by atomic mass is 10.1. The van der Waals surface area contributed by atoms with Crippen molar-refractivity contribution < 1.29 is 9.90 Å². The van der Waals surface area contributed by atoms with Crippen molar-refractivity contribution in [1.29, 1.82) is 0 Å². The van der Waals surface area contributed by atoms with Crippen LogP contribution in [0.1, 0.15) is 24.0 Å². The highest BCUT2D eigenvalue weighted by Crippen LogP contribution is 2.31. The first-order valence-electron chi connectivity index (χ1n) is 10.9. The largest absolute Gasteiger partial charge is 0.465 e. The zero-order valence-electron chi connectivity index (χ0n) is 18.0. The Balaban J connectivity index is 1.58. The molecule has 0 spiro atoms. The number of aromatic nitrogens is 1. The Kier molecular flexibility index (Phi) is 6.75. The minimum absolute atomic E-state index is 0.0223. The second-order valence-electron chi connectivity index (χ2n) is 8.14. The monoisotopic (exact) mass is 431 g/mol. The number of nitrogen functional groups attached to an aromatic ring is 1. The number of pyridine rings is 1. The quantitative estimate of drug-likeness (QED) is 0.512. The number of carbonyl (C=O) groups is 1. The van der Waals surface area contributed by atoms with Gasteiger partial charge in [0.05, 0.1) is 11.4 Å². The number of likely N-dealkylation sites (tertiary alicyclic amines) is 1. The van der Waals surface area contributed by atoms with E-state index in [1.807, 2.05) is 42.5 Å². The van der Waals surface area contributed by atoms with Gasteiger partial charge in [-0.15, -0.1) is 0 Å². The van der Waals surface area contributed by atoms with Gasteiger partial charge < -0.3 is 26.0 Å². The lowest BCUT2D eigenvalue weighted by Gasteiger charge is -2.32. The molecular weight excluding hydrogens is 402 g/mol. The number of hydrogen-bond donors (Lipinski definition) is 3. The van der Waals surface area contributed by atoms with E-state index >= 15 is 0 Å². The Morgan fingerprint density at radius 2 is 1.69 bits per heavy atom. The molecule has 1 aliphatic heterocycles. The summed E-state index contributed by atoms with van der Waals surface area (Å²) in [6.07, 6.45) is 2.61. The number of hydrogen-bond acceptors (Lipinski definition) is 5. The summed E-state index contributed by atoms with van der Waals surface area (Å²) in [6.45, 7) is 2.37. The maximum Gasteiger partial charge on any atom is 0.407 e. The predicted octanol–water partition coefficient (Wildman–Crippen LogP) is 4.42. The summed E-state index contributed by atoms with van der Waals surface area (Å²) in [4.78, 5) is 19.6. The fourth-order valence-corrected chi connectivity index (χ4v) is 4.14. The Morgan fingerprint density at radius 3 is 2.28 bits per heavy atom. The molecule has 7 heteroatoms. The smallest absolute Gasteiger partial charge is 0.407 e. The van der Waals surface area contributed by atoms with E-state index in [1.54, 1.807) is 6.20 Å². The lowest BCUT2D eigenvalue weighted by molar-refractivity contribution is 0.133. The van der Waals surface area contributed by atoms with Crippen LogP contribution < -0.4 is 16.0 Å². The Hall–Kier alpha value is -3.74. The van der Waals surface area contributed by atoms with Crippen molar-refractivity contribution in [3.05, 3.63) is 84.1 Å². The molecule has 1 aliphatic rings. The number of benzene rings is 2. The summed E-state index contributed by atoms with van der Waals surface area (Å²) in [5, 5.41) is 12.8. The zero-order valence-corrected chi connectivity index (χ0v) is 18.0. The van der Waals surface area contributed by atoms with Crippen molar-refractivity contribution in [2.45, 2.75) is 32.0 Å². The molecule has 1 atom stereocenters. The van der Waals surface area contributed by atoms with E-state index in [0.717, 1.165) is 18.5 Å². The van der Waals surface area contributed by atoms with E-state index in [2.05, 4.69) is 39.5 Å². The number of rotatable bonds is 7. The number of anilines is 3. The van der Waals surface area contributed by atoms with Gasteiger partial charge in [-0.3, -0.25) is 0 Å². The van der Waals surface area contributed by atoms with Gasteiger partial charge in [-0.25, -0.2) is 9.78 Å². The van der Waals surface area contributed by atoms with Crippen LogP contribution in [0.25, 0.3) is 0 Å². The summed E-state index contributed by atoms with van der Waals surface area (Å²) in [5.74, 6) is 0.716. The Bertz CT molecular complexity index is 988. The summed E-state index contributed by atoms with van der Waals surface area (Å²) in [5.41, 5.74) is 10.3. The van der Waals surface area contributed by atoms with E-state index in [4.69, 9.17) is 5.73 Å². The highest BCUT2D eigenvalue weighted by molar-refractivity contribution is 5.78. The molecule has 0 aliphatic carbocycles. The number of nitrogens with zero attached hydrogens (tertiary/aromatic N) is 3. The maximum absolute atomic E-state index is 11.4. The molecule has 1 aromatic heterocycles. The molecule has 166 valence electrons. The first-order chi connectivity index (χ1) is 15.6. The normalized spacial score (nSPS) is 15.9. The van der Waals surface area contributed by atoms with E-state index in [9.17, 15) is 9.90 Å². The minimum atomic E-state index is -0.878. The topological polar surface area (TPSA) is 94.7 Å². The van der Waals surface area contributed by atoms with Crippen LogP contribution in [-0.4, -0.2) is 40.2 Å². The van der Waals surface area contributed by atoms with Crippen LogP contribution in [0, 0.1) is 0 Å². The Labute approximate surface area is 188 Å². The highest BCUT2D eigenvalue weighted by Gasteiger charge is 2.24. The molecule has 2 aromatic carbocycles. The number of carboxylic acid groups (broad SMARTS) is 1. The van der Waals surface area contributed by atoms with Crippen LogP contribution in [-0.2, 0) is 13.1 Å². The van der Waals surface area contributed by atoms with Crippen molar-refractivity contribution in [3.63, 3.8) is 0 Å². The molecule has 0 radical (unpaired) electrons. The molecule has 7 nitrogen and oxygen atoms in total. The van der Waals surface area contributed by atoms with Crippen LogP contribution in [0.15, 0.2) is 72.9 Å². The van der Waals surface area contributed by atoms with Gasteiger partial charge in [0.15, 0.2) is 5.82 Å². The number of amides is 1. The highest BCUT2D eigenvalue weighted by atomic mass is 16.4. The van der Waals surface area contributed by atoms with Crippen molar-refractivity contribution in [1.82, 2.24) is 9.88 Å². The molecule has 1 saturated heterocycles. The number of nitrogens with one attached hydrogen (secondary N) is 1. The van der Waals surface area contributed by atoms with Crippen LogP contribution >= 0.6 is 0 Å². The molecular formula is C25H29N5O2. The summed E-state index contributed by atoms with van der Waals surface area (Å²) in [6, 6.07) is 22.4. The molecule has 4 N–H and O–H groups in total. The van der Waals surface area contributed by atoms with Crippen molar-refractivity contribution in [3.8, 4) is 0 Å². The van der Waals surface area contributed by atoms with E-state index in [1.165, 1.54) is 16.0 Å². The molecule has 3 aromatic rings. The van der Waals surface area contributed by atoms with Crippen molar-refractivity contribution >= 4 is 23.3 Å². The van der Waals surface area contributed by atoms with Crippen molar-refractivity contribution in [2.75, 3.05) is 29.0 Å². The van der Waals surface area contributed by atoms with Gasteiger partial charge in [0.1, 0.15) is 0 Å². The van der Waals surface area contributed by atoms with Crippen molar-refractivity contribution in [2.24, 2.45) is 0 Å². The van der Waals surface area contributed by atoms with E-state index in [0.29, 0.717) is 37.7 Å². The van der Waals surface area contributed by atoms with Crippen LogP contribution in [0.4, 0.5) is 22.0 Å². The summed E-state index contributed by atoms with van der Waals surface area (Å²) >= 11 is 0. The van der Waals surface area contributed by atoms with Crippen LogP contribution in [0.5, 0.6) is 0 Å². The predicted molar refractivity (Wildman–Crippen MR) is 128 cm³/mol. The molecule has 0 bridgehead atoms. The molecule has 0 saturated carbocycles. The standard InChI is InChI=1S/C25H29N5O2/c26-23-22(28-21-12-7-15-29(18-21)25(31)32)13-14-27-24(23)30(16-19-8-3-1-4-9-19)17-20-10-5-2-6-11-20/h1-6,8-11,13-14,21H,7,12,15-18,26H2,(H,27,28)(H,31,32)/t21-/m1/s1. The number of piperidine rings is 1. The average Bonchev–Trinajstić information content (AvgIpc) is 2.82. The Morgan fingerprint density at radius 1 is 1.06 bits per heavy atom. The van der Waals surface area contributed by atoms with E-state index in [-0.39, 0.29) is 6.04 Å². The SMILES string of the molecule is Nc1c(N[C@@H]2CCCN(C(=O)O)C2)ccnc1N(Cc1ccccc1)Cc1ccccc1. The molecule has 4 rings (SSSR count). The molecule has 2 heterocycles. The van der Waals surface area contributed by atoms with Gasteiger partial charge in [0.25, 0.3) is 0 Å². The number of nitrogens with two attached hydrogens (primary N) is 1. The second-order valence-corrected chi connectivity index (χ2v) is 8.14. The third-order valence-electron chi connectivity index (χ3n) is 5.75. The molecule has 32 heavy (non-hydrogen) atoms. The first kappa shape index (κ1) is 21.5. The summed E-state index contributed by atoms with van der Waals surface area (Å²) < 4.78 is 0. The molecule has 0 unspecified atom stereocenters. The maximum atomic E-state index is 11.4. The van der Waals surface area contributed by atoms with Gasteiger partial charge in [-0.05, 0) is 30.0 Å². The first-order valence-corrected chi connectivity index (χ1v) is 10.9. The second kappa shape index (κ2) is 10.0. The van der Waals surface area contributed by atoms with Gasteiger partial charge in [-0.2, -0.15) is 0 Å². The fourth-order valence-electron chi connectivity index (χ4n) is 4.14. The minimum Gasteiger partial charge on any atom is -0.465 e. The van der Waals surface area contributed by atoms with E-state index < -0.39 is 6.09 Å². The zero-order chi connectivity index (χ0) is 22.3. The van der Waals surface area contributed by atoms with Gasteiger partial charge in [0.2, 0.25) is 0 Å². The average molecular weight is 432 g/mol.